The summed E-state index contributed by atoms with van der Waals surface area (Å²) >= 11 is 1.27. The van der Waals surface area contributed by atoms with Gasteiger partial charge in [0, 0.05) is 24.3 Å². The third-order valence-electron chi connectivity index (χ3n) is 4.16. The number of rotatable bonds is 7. The molecule has 0 aliphatic rings. The molecular weight excluding hydrogens is 438 g/mol. The lowest BCUT2D eigenvalue weighted by Gasteiger charge is -2.12. The third kappa shape index (κ3) is 4.81. The van der Waals surface area contributed by atoms with Crippen molar-refractivity contribution in [2.24, 2.45) is 0 Å². The number of pyridine rings is 1. The SMILES string of the molecule is CC(Sc1nnc2ccccn12)C(=O)Nc1ccc(S(=O)(=O)Nc2ncccn2)cc1. The van der Waals surface area contributed by atoms with Crippen molar-refractivity contribution in [2.45, 2.75) is 22.2 Å². The second-order valence-corrected chi connectivity index (χ2v) is 9.35. The molecule has 3 aromatic heterocycles. The zero-order valence-corrected chi connectivity index (χ0v) is 17.8. The van der Waals surface area contributed by atoms with Crippen molar-refractivity contribution >= 4 is 45.0 Å². The summed E-state index contributed by atoms with van der Waals surface area (Å²) in [6.45, 7) is 1.76. The van der Waals surface area contributed by atoms with E-state index in [4.69, 9.17) is 0 Å². The Balaban J connectivity index is 1.40. The van der Waals surface area contributed by atoms with Gasteiger partial charge in [-0.25, -0.2) is 23.1 Å². The van der Waals surface area contributed by atoms with Crippen molar-refractivity contribution in [2.75, 3.05) is 10.0 Å². The Morgan fingerprint density at radius 2 is 1.77 bits per heavy atom. The average molecular weight is 456 g/mol. The Bertz CT molecular complexity index is 1310. The fourth-order valence-corrected chi connectivity index (χ4v) is 4.40. The van der Waals surface area contributed by atoms with Crippen LogP contribution in [0.4, 0.5) is 11.6 Å². The molecule has 1 aromatic carbocycles. The highest BCUT2D eigenvalue weighted by Crippen LogP contribution is 2.23. The van der Waals surface area contributed by atoms with E-state index in [1.807, 2.05) is 24.4 Å². The van der Waals surface area contributed by atoms with Crippen molar-refractivity contribution in [3.8, 4) is 0 Å². The van der Waals surface area contributed by atoms with Crippen LogP contribution in [-0.2, 0) is 14.8 Å². The van der Waals surface area contributed by atoms with E-state index in [1.54, 1.807) is 17.4 Å². The molecule has 1 atom stereocenters. The largest absolute Gasteiger partial charge is 0.325 e. The number of nitrogens with one attached hydrogen (secondary N) is 2. The first kappa shape index (κ1) is 20.8. The number of carbonyl (C=O) groups excluding carboxylic acids is 1. The van der Waals surface area contributed by atoms with Crippen LogP contribution in [0.25, 0.3) is 5.65 Å². The minimum atomic E-state index is -3.84. The van der Waals surface area contributed by atoms with E-state index in [-0.39, 0.29) is 16.8 Å². The molecule has 0 aliphatic heterocycles. The minimum Gasteiger partial charge on any atom is -0.325 e. The van der Waals surface area contributed by atoms with E-state index >= 15 is 0 Å². The Morgan fingerprint density at radius 1 is 1.03 bits per heavy atom. The molecule has 158 valence electrons. The van der Waals surface area contributed by atoms with Crippen LogP contribution >= 0.6 is 11.8 Å². The third-order valence-corrected chi connectivity index (χ3v) is 6.56. The highest BCUT2D eigenvalue weighted by Gasteiger charge is 2.19. The molecule has 0 aliphatic carbocycles. The molecule has 1 amide bonds. The molecule has 2 N–H and O–H groups in total. The van der Waals surface area contributed by atoms with Crippen molar-refractivity contribution in [3.63, 3.8) is 0 Å². The van der Waals surface area contributed by atoms with Gasteiger partial charge in [0.15, 0.2) is 10.8 Å². The number of nitrogens with zero attached hydrogens (tertiary/aromatic N) is 5. The lowest BCUT2D eigenvalue weighted by atomic mass is 10.3. The molecular formula is C19H17N7O3S2. The Labute approximate surface area is 182 Å². The normalized spacial score (nSPS) is 12.4. The van der Waals surface area contributed by atoms with Gasteiger partial charge in [-0.05, 0) is 49.4 Å². The van der Waals surface area contributed by atoms with Gasteiger partial charge in [-0.15, -0.1) is 10.2 Å². The molecule has 12 heteroatoms. The van der Waals surface area contributed by atoms with E-state index in [1.165, 1.54) is 48.4 Å². The van der Waals surface area contributed by atoms with Crippen LogP contribution in [-0.4, -0.2) is 44.1 Å². The fourth-order valence-electron chi connectivity index (χ4n) is 2.60. The molecule has 1 unspecified atom stereocenters. The summed E-state index contributed by atoms with van der Waals surface area (Å²) in [4.78, 5) is 20.3. The number of anilines is 2. The second-order valence-electron chi connectivity index (χ2n) is 6.36. The van der Waals surface area contributed by atoms with Crippen LogP contribution < -0.4 is 10.0 Å². The van der Waals surface area contributed by atoms with Crippen molar-refractivity contribution < 1.29 is 13.2 Å². The van der Waals surface area contributed by atoms with Gasteiger partial charge in [-0.3, -0.25) is 9.20 Å². The van der Waals surface area contributed by atoms with Crippen molar-refractivity contribution in [1.82, 2.24) is 24.6 Å². The van der Waals surface area contributed by atoms with Gasteiger partial charge in [0.25, 0.3) is 10.0 Å². The summed E-state index contributed by atoms with van der Waals surface area (Å²) in [5.74, 6) is -0.268. The molecule has 0 spiro atoms. The second kappa shape index (κ2) is 8.70. The lowest BCUT2D eigenvalue weighted by Crippen LogP contribution is -2.22. The van der Waals surface area contributed by atoms with E-state index in [9.17, 15) is 13.2 Å². The monoisotopic (exact) mass is 455 g/mol. The summed E-state index contributed by atoms with van der Waals surface area (Å²) in [5.41, 5.74) is 1.17. The van der Waals surface area contributed by atoms with E-state index in [0.717, 1.165) is 0 Å². The van der Waals surface area contributed by atoms with E-state index in [2.05, 4.69) is 30.2 Å². The van der Waals surface area contributed by atoms with E-state index < -0.39 is 15.3 Å². The summed E-state index contributed by atoms with van der Waals surface area (Å²) < 4.78 is 29.0. The minimum absolute atomic E-state index is 0.0215. The number of carbonyl (C=O) groups is 1. The highest BCUT2D eigenvalue weighted by molar-refractivity contribution is 8.00. The Morgan fingerprint density at radius 3 is 2.52 bits per heavy atom. The van der Waals surface area contributed by atoms with Crippen LogP contribution in [0.1, 0.15) is 6.92 Å². The predicted molar refractivity (Wildman–Crippen MR) is 116 cm³/mol. The van der Waals surface area contributed by atoms with Gasteiger partial charge in [-0.2, -0.15) is 0 Å². The number of amides is 1. The summed E-state index contributed by atoms with van der Waals surface area (Å²) in [6, 6.07) is 13.0. The Kier molecular flexibility index (Phi) is 5.82. The van der Waals surface area contributed by atoms with E-state index in [0.29, 0.717) is 16.5 Å². The lowest BCUT2D eigenvalue weighted by molar-refractivity contribution is -0.115. The molecule has 4 aromatic rings. The van der Waals surface area contributed by atoms with Crippen LogP contribution in [0.2, 0.25) is 0 Å². The van der Waals surface area contributed by atoms with Gasteiger partial charge >= 0.3 is 0 Å². The zero-order chi connectivity index (χ0) is 21.8. The fraction of sp³-hybridized carbons (Fsp3) is 0.105. The summed E-state index contributed by atoms with van der Waals surface area (Å²) in [7, 11) is -3.84. The predicted octanol–water partition coefficient (Wildman–Crippen LogP) is 2.44. The molecule has 0 bridgehead atoms. The quantitative estimate of drug-likeness (QED) is 0.406. The van der Waals surface area contributed by atoms with Crippen LogP contribution in [0, 0.1) is 0 Å². The number of thioether (sulfide) groups is 1. The molecule has 0 radical (unpaired) electrons. The number of hydrogen-bond donors (Lipinski definition) is 2. The van der Waals surface area contributed by atoms with Gasteiger partial charge in [0.1, 0.15) is 0 Å². The van der Waals surface area contributed by atoms with Gasteiger partial charge < -0.3 is 5.32 Å². The average Bonchev–Trinajstić information content (AvgIpc) is 3.17. The first-order valence-corrected chi connectivity index (χ1v) is 11.5. The first-order valence-electron chi connectivity index (χ1n) is 9.09. The molecule has 0 saturated heterocycles. The maximum absolute atomic E-state index is 12.6. The van der Waals surface area contributed by atoms with Crippen LogP contribution in [0.5, 0.6) is 0 Å². The number of hydrogen-bond acceptors (Lipinski definition) is 8. The summed E-state index contributed by atoms with van der Waals surface area (Å²) in [5, 5.41) is 11.1. The number of benzene rings is 1. The van der Waals surface area contributed by atoms with Gasteiger partial charge in [0.05, 0.1) is 10.1 Å². The zero-order valence-electron chi connectivity index (χ0n) is 16.2. The molecule has 0 fully saturated rings. The molecule has 0 saturated carbocycles. The Hall–Kier alpha value is -3.51. The standard InChI is InChI=1S/C19H17N7O3S2/c1-13(30-19-24-23-16-5-2-3-12-26(16)19)17(27)22-14-6-8-15(9-7-14)31(28,29)25-18-20-10-4-11-21-18/h2-13H,1H3,(H,22,27)(H,20,21,25). The molecule has 31 heavy (non-hydrogen) atoms. The number of aromatic nitrogens is 5. The molecule has 4 rings (SSSR count). The van der Waals surface area contributed by atoms with Crippen molar-refractivity contribution in [3.05, 3.63) is 67.1 Å². The van der Waals surface area contributed by atoms with Crippen LogP contribution in [0.15, 0.2) is 77.2 Å². The summed E-state index contributed by atoms with van der Waals surface area (Å²) in [6.07, 6.45) is 4.70. The number of fused-ring (bicyclic) bond motifs is 1. The van der Waals surface area contributed by atoms with Gasteiger partial charge in [-0.1, -0.05) is 17.8 Å². The van der Waals surface area contributed by atoms with Crippen LogP contribution in [0.3, 0.4) is 0 Å². The maximum Gasteiger partial charge on any atom is 0.264 e. The number of sulfonamides is 1. The first-order chi connectivity index (χ1) is 14.9. The molecule has 10 nitrogen and oxygen atoms in total. The smallest absolute Gasteiger partial charge is 0.264 e. The van der Waals surface area contributed by atoms with Crippen molar-refractivity contribution in [1.29, 1.82) is 0 Å². The van der Waals surface area contributed by atoms with Gasteiger partial charge in [0.2, 0.25) is 11.9 Å². The molecule has 3 heterocycles. The highest BCUT2D eigenvalue weighted by atomic mass is 32.2. The maximum atomic E-state index is 12.6. The topological polar surface area (TPSA) is 131 Å².